The normalized spacial score (nSPS) is 17.9. The first-order valence-electron chi connectivity index (χ1n) is 6.06. The Kier molecular flexibility index (Phi) is 3.96. The molecule has 0 unspecified atom stereocenters. The van der Waals surface area contributed by atoms with Gasteiger partial charge < -0.3 is 10.1 Å². The molecular formula is C12H21N3O. The molecule has 0 amide bonds. The van der Waals surface area contributed by atoms with E-state index in [1.54, 1.807) is 0 Å². The zero-order chi connectivity index (χ0) is 11.4. The van der Waals surface area contributed by atoms with Crippen LogP contribution in [0, 0.1) is 0 Å². The van der Waals surface area contributed by atoms with E-state index >= 15 is 0 Å². The molecule has 2 rings (SSSR count). The summed E-state index contributed by atoms with van der Waals surface area (Å²) in [4.78, 5) is 0. The lowest BCUT2D eigenvalue weighted by Gasteiger charge is -2.21. The van der Waals surface area contributed by atoms with E-state index in [0.29, 0.717) is 5.92 Å². The molecule has 1 fully saturated rings. The van der Waals surface area contributed by atoms with Gasteiger partial charge in [0, 0.05) is 32.4 Å². The van der Waals surface area contributed by atoms with Gasteiger partial charge in [0.25, 0.3) is 0 Å². The van der Waals surface area contributed by atoms with Gasteiger partial charge in [-0.15, -0.1) is 0 Å². The summed E-state index contributed by atoms with van der Waals surface area (Å²) in [5.41, 5.74) is 2.69. The van der Waals surface area contributed by atoms with Crippen molar-refractivity contribution in [1.29, 1.82) is 0 Å². The molecule has 0 atom stereocenters. The minimum atomic E-state index is 0.599. The molecule has 1 aliphatic heterocycles. The number of rotatable bonds is 4. The summed E-state index contributed by atoms with van der Waals surface area (Å²) < 4.78 is 7.34. The number of aryl methyl sites for hydroxylation is 1. The van der Waals surface area contributed by atoms with Crippen LogP contribution in [0.1, 0.15) is 30.0 Å². The lowest BCUT2D eigenvalue weighted by Crippen LogP contribution is -2.17. The third kappa shape index (κ3) is 2.62. The van der Waals surface area contributed by atoms with Gasteiger partial charge in [0.2, 0.25) is 0 Å². The van der Waals surface area contributed by atoms with Gasteiger partial charge in [-0.2, -0.15) is 5.10 Å². The van der Waals surface area contributed by atoms with Gasteiger partial charge in [-0.1, -0.05) is 0 Å². The molecule has 1 N–H and O–H groups in total. The number of likely N-dealkylation sites (N-methyl/N-ethyl adjacent to an activating group) is 1. The fraction of sp³-hybridized carbons (Fsp3) is 0.750. The molecule has 90 valence electrons. The van der Waals surface area contributed by atoms with E-state index in [1.165, 1.54) is 11.3 Å². The molecular weight excluding hydrogens is 202 g/mol. The summed E-state index contributed by atoms with van der Waals surface area (Å²) >= 11 is 0. The molecule has 1 aliphatic rings. The number of aromatic nitrogens is 2. The van der Waals surface area contributed by atoms with Crippen LogP contribution in [-0.2, 0) is 18.2 Å². The van der Waals surface area contributed by atoms with Gasteiger partial charge >= 0.3 is 0 Å². The van der Waals surface area contributed by atoms with E-state index in [2.05, 4.69) is 16.6 Å². The molecule has 16 heavy (non-hydrogen) atoms. The Morgan fingerprint density at radius 2 is 2.25 bits per heavy atom. The molecule has 1 aromatic rings. The zero-order valence-corrected chi connectivity index (χ0v) is 10.2. The van der Waals surface area contributed by atoms with Crippen LogP contribution in [0.5, 0.6) is 0 Å². The molecule has 4 heteroatoms. The highest BCUT2D eigenvalue weighted by Crippen LogP contribution is 2.28. The summed E-state index contributed by atoms with van der Waals surface area (Å²) in [6, 6.07) is 0. The van der Waals surface area contributed by atoms with Crippen molar-refractivity contribution < 1.29 is 4.74 Å². The van der Waals surface area contributed by atoms with Crippen LogP contribution >= 0.6 is 0 Å². The summed E-state index contributed by atoms with van der Waals surface area (Å²) in [5, 5.41) is 7.81. The monoisotopic (exact) mass is 223 g/mol. The molecule has 1 saturated heterocycles. The molecule has 0 radical (unpaired) electrons. The van der Waals surface area contributed by atoms with E-state index in [4.69, 9.17) is 4.74 Å². The largest absolute Gasteiger partial charge is 0.381 e. The fourth-order valence-corrected chi connectivity index (χ4v) is 2.32. The van der Waals surface area contributed by atoms with Crippen molar-refractivity contribution in [2.75, 3.05) is 26.8 Å². The first-order valence-corrected chi connectivity index (χ1v) is 6.06. The Morgan fingerprint density at radius 1 is 1.50 bits per heavy atom. The molecule has 4 nitrogen and oxygen atoms in total. The molecule has 2 heterocycles. The zero-order valence-electron chi connectivity index (χ0n) is 10.2. The maximum absolute atomic E-state index is 5.40. The predicted molar refractivity (Wildman–Crippen MR) is 63.6 cm³/mol. The van der Waals surface area contributed by atoms with Gasteiger partial charge in [-0.25, -0.2) is 0 Å². The van der Waals surface area contributed by atoms with Crippen LogP contribution in [0.3, 0.4) is 0 Å². The molecule has 1 aromatic heterocycles. The van der Waals surface area contributed by atoms with Crippen LogP contribution in [0.15, 0.2) is 6.20 Å². The van der Waals surface area contributed by atoms with Crippen molar-refractivity contribution in [2.24, 2.45) is 7.05 Å². The minimum absolute atomic E-state index is 0.599. The minimum Gasteiger partial charge on any atom is -0.381 e. The third-order valence-electron chi connectivity index (χ3n) is 3.19. The third-order valence-corrected chi connectivity index (χ3v) is 3.19. The van der Waals surface area contributed by atoms with Crippen LogP contribution in [-0.4, -0.2) is 36.6 Å². The van der Waals surface area contributed by atoms with Crippen LogP contribution in [0.25, 0.3) is 0 Å². The van der Waals surface area contributed by atoms with Crippen LogP contribution in [0.4, 0.5) is 0 Å². The van der Waals surface area contributed by atoms with E-state index in [1.807, 2.05) is 18.8 Å². The van der Waals surface area contributed by atoms with Gasteiger partial charge in [-0.05, 0) is 38.4 Å². The van der Waals surface area contributed by atoms with Crippen LogP contribution in [0.2, 0.25) is 0 Å². The van der Waals surface area contributed by atoms with Gasteiger partial charge in [0.15, 0.2) is 0 Å². The Hall–Kier alpha value is -0.870. The highest BCUT2D eigenvalue weighted by Gasteiger charge is 2.21. The highest BCUT2D eigenvalue weighted by atomic mass is 16.5. The number of nitrogens with zero attached hydrogens (tertiary/aromatic N) is 2. The standard InChI is InChI=1S/C12H21N3O/c1-13-6-3-11-9-15(2)14-12(11)10-4-7-16-8-5-10/h9-10,13H,3-8H2,1-2H3. The Balaban J connectivity index is 2.10. The van der Waals surface area contributed by atoms with E-state index in [9.17, 15) is 0 Å². The Morgan fingerprint density at radius 3 is 2.94 bits per heavy atom. The second-order valence-electron chi connectivity index (χ2n) is 4.45. The van der Waals surface area contributed by atoms with Crippen molar-refractivity contribution in [1.82, 2.24) is 15.1 Å². The lowest BCUT2D eigenvalue weighted by molar-refractivity contribution is 0.0842. The maximum atomic E-state index is 5.40. The first-order chi connectivity index (χ1) is 7.81. The first kappa shape index (κ1) is 11.6. The smallest absolute Gasteiger partial charge is 0.0689 e. The topological polar surface area (TPSA) is 39.1 Å². The van der Waals surface area contributed by atoms with E-state index in [-0.39, 0.29) is 0 Å². The predicted octanol–water partition coefficient (Wildman–Crippen LogP) is 1.08. The number of hydrogen-bond acceptors (Lipinski definition) is 3. The van der Waals surface area contributed by atoms with E-state index in [0.717, 1.165) is 39.0 Å². The molecule has 0 saturated carbocycles. The van der Waals surface area contributed by atoms with Gasteiger partial charge in [-0.3, -0.25) is 4.68 Å². The quantitative estimate of drug-likeness (QED) is 0.830. The molecule has 0 bridgehead atoms. The van der Waals surface area contributed by atoms with Crippen molar-refractivity contribution >= 4 is 0 Å². The summed E-state index contributed by atoms with van der Waals surface area (Å²) in [6.45, 7) is 2.78. The summed E-state index contributed by atoms with van der Waals surface area (Å²) in [7, 11) is 4.00. The number of nitrogens with one attached hydrogen (secondary N) is 1. The van der Waals surface area contributed by atoms with Crippen molar-refractivity contribution in [3.05, 3.63) is 17.5 Å². The van der Waals surface area contributed by atoms with Gasteiger partial charge in [0.1, 0.15) is 0 Å². The number of hydrogen-bond donors (Lipinski definition) is 1. The molecule has 0 aliphatic carbocycles. The Labute approximate surface area is 97.0 Å². The lowest BCUT2D eigenvalue weighted by atomic mass is 9.93. The average molecular weight is 223 g/mol. The maximum Gasteiger partial charge on any atom is 0.0689 e. The van der Waals surface area contributed by atoms with Crippen molar-refractivity contribution in [2.45, 2.75) is 25.2 Å². The molecule has 0 spiro atoms. The second kappa shape index (κ2) is 5.46. The molecule has 0 aromatic carbocycles. The van der Waals surface area contributed by atoms with Gasteiger partial charge in [0.05, 0.1) is 5.69 Å². The fourth-order valence-electron chi connectivity index (χ4n) is 2.32. The summed E-state index contributed by atoms with van der Waals surface area (Å²) in [5.74, 6) is 0.599. The average Bonchev–Trinajstić information content (AvgIpc) is 2.69. The van der Waals surface area contributed by atoms with Crippen LogP contribution < -0.4 is 5.32 Å². The number of ether oxygens (including phenoxy) is 1. The summed E-state index contributed by atoms with van der Waals surface area (Å²) in [6.07, 6.45) is 5.45. The van der Waals surface area contributed by atoms with E-state index < -0.39 is 0 Å². The highest BCUT2D eigenvalue weighted by molar-refractivity contribution is 5.22. The van der Waals surface area contributed by atoms with Crippen molar-refractivity contribution in [3.8, 4) is 0 Å². The van der Waals surface area contributed by atoms with Crippen molar-refractivity contribution in [3.63, 3.8) is 0 Å². The SMILES string of the molecule is CNCCc1cn(C)nc1C1CCOCC1. The Bertz CT molecular complexity index is 329. The second-order valence-corrected chi connectivity index (χ2v) is 4.45.